The van der Waals surface area contributed by atoms with E-state index in [1.165, 1.54) is 6.07 Å². The molecule has 4 aliphatic rings. The first-order chi connectivity index (χ1) is 26.4. The van der Waals surface area contributed by atoms with Crippen molar-refractivity contribution in [3.05, 3.63) is 128 Å². The van der Waals surface area contributed by atoms with Gasteiger partial charge in [0, 0.05) is 23.1 Å². The maximum Gasteiger partial charge on any atom is 0.238 e. The quantitative estimate of drug-likeness (QED) is 0.110. The lowest BCUT2D eigenvalue weighted by atomic mass is 9.53. The summed E-state index contributed by atoms with van der Waals surface area (Å²) in [4.78, 5) is 38.2. The van der Waals surface area contributed by atoms with Gasteiger partial charge in [0.1, 0.15) is 20.8 Å². The van der Waals surface area contributed by atoms with Crippen molar-refractivity contribution >= 4 is 51.8 Å². The number of aliphatic hydroxyl groups excluding tert-OH is 2. The second-order valence-electron chi connectivity index (χ2n) is 16.7. The number of carbonyl (C=O) groups is 2. The number of anilines is 1. The van der Waals surface area contributed by atoms with Gasteiger partial charge < -0.3 is 20.8 Å². The zero-order valence-electron chi connectivity index (χ0n) is 31.0. The lowest BCUT2D eigenvalue weighted by Gasteiger charge is -2.56. The number of halogens is 3. The summed E-state index contributed by atoms with van der Waals surface area (Å²) in [5.74, 6) is -2.06. The Kier molecular flexibility index (Phi) is 10.4. The van der Waals surface area contributed by atoms with Crippen molar-refractivity contribution in [3.63, 3.8) is 0 Å². The van der Waals surface area contributed by atoms with Crippen LogP contribution in [0.2, 0.25) is 5.02 Å². The molecule has 55 heavy (non-hydrogen) atoms. The number of nitrogens with one attached hydrogen (secondary N) is 2. The van der Waals surface area contributed by atoms with E-state index in [-0.39, 0.29) is 33.9 Å². The molecule has 2 spiro atoms. The molecule has 0 unspecified atom stereocenters. The average Bonchev–Trinajstić information content (AvgIpc) is 3.60. The van der Waals surface area contributed by atoms with Crippen molar-refractivity contribution in [2.75, 3.05) is 5.32 Å². The Morgan fingerprint density at radius 2 is 1.56 bits per heavy atom. The summed E-state index contributed by atoms with van der Waals surface area (Å²) >= 11 is 8.74. The number of hydrogen-bond acceptors (Lipinski definition) is 6. The van der Waals surface area contributed by atoms with Crippen LogP contribution in [0.15, 0.2) is 91.0 Å². The van der Waals surface area contributed by atoms with Gasteiger partial charge in [0.2, 0.25) is 11.8 Å². The molecule has 3 fully saturated rings. The Morgan fingerprint density at radius 1 is 0.927 bits per heavy atom. The molecule has 2 aliphatic carbocycles. The smallest absolute Gasteiger partial charge is 0.238 e. The zero-order valence-corrected chi connectivity index (χ0v) is 33.9. The van der Waals surface area contributed by atoms with Crippen molar-refractivity contribution < 1.29 is 24.2 Å². The molecule has 0 bridgehead atoms. The fourth-order valence-electron chi connectivity index (χ4n) is 10.5. The highest BCUT2D eigenvalue weighted by Crippen LogP contribution is 2.69. The molecule has 2 aliphatic heterocycles. The third kappa shape index (κ3) is 6.40. The second-order valence-corrected chi connectivity index (χ2v) is 18.2. The van der Waals surface area contributed by atoms with Gasteiger partial charge >= 0.3 is 0 Å². The van der Waals surface area contributed by atoms with Crippen molar-refractivity contribution in [3.8, 4) is 0 Å². The van der Waals surface area contributed by atoms with Crippen LogP contribution in [0.1, 0.15) is 106 Å². The molecule has 8 rings (SSSR count). The summed E-state index contributed by atoms with van der Waals surface area (Å²) in [5.41, 5.74) is -0.529. The Bertz CT molecular complexity index is 2070. The highest BCUT2D eigenvalue weighted by Gasteiger charge is 2.77. The molecule has 3 aromatic carbocycles. The lowest BCUT2D eigenvalue weighted by Crippen LogP contribution is -2.64. The molecular formula is C44H47ClFIN4O4. The molecule has 4 aromatic rings. The van der Waals surface area contributed by atoms with Crippen LogP contribution in [0.3, 0.4) is 0 Å². The molecule has 2 amide bonds. The van der Waals surface area contributed by atoms with Crippen LogP contribution in [0.5, 0.6) is 0 Å². The normalized spacial score (nSPS) is 28.1. The molecule has 4 N–H and O–H groups in total. The van der Waals surface area contributed by atoms with E-state index in [0.29, 0.717) is 72.0 Å². The summed E-state index contributed by atoms with van der Waals surface area (Å²) in [5, 5.41) is 29.6. The summed E-state index contributed by atoms with van der Waals surface area (Å²) in [6.45, 7) is 4.45. The molecule has 288 valence electrons. The predicted octanol–water partition coefficient (Wildman–Crippen LogP) is 8.37. The average molecular weight is 877 g/mol. The monoisotopic (exact) mass is 876 g/mol. The molecule has 5 atom stereocenters. The van der Waals surface area contributed by atoms with Gasteiger partial charge in [-0.1, -0.05) is 104 Å². The molecule has 1 saturated heterocycles. The van der Waals surface area contributed by atoms with E-state index in [0.717, 1.165) is 5.56 Å². The highest BCUT2D eigenvalue weighted by molar-refractivity contribution is 14.1. The molecule has 3 heterocycles. The van der Waals surface area contributed by atoms with Crippen molar-refractivity contribution in [2.24, 2.45) is 5.41 Å². The second kappa shape index (κ2) is 14.8. The maximum absolute atomic E-state index is 17.0. The Hall–Kier alpha value is -3.42. The van der Waals surface area contributed by atoms with Gasteiger partial charge in [0.15, 0.2) is 0 Å². The van der Waals surface area contributed by atoms with Crippen LogP contribution in [-0.4, -0.2) is 55.6 Å². The van der Waals surface area contributed by atoms with Crippen LogP contribution in [0, 0.1) is 14.9 Å². The number of amides is 2. The maximum atomic E-state index is 17.0. The number of aliphatic hydroxyl groups is 2. The Morgan fingerprint density at radius 3 is 2.22 bits per heavy atom. The van der Waals surface area contributed by atoms with Gasteiger partial charge in [-0.2, -0.15) is 0 Å². The summed E-state index contributed by atoms with van der Waals surface area (Å²) in [6.07, 6.45) is 3.10. The number of likely N-dealkylation sites (tertiary alicyclic amines) is 1. The van der Waals surface area contributed by atoms with E-state index in [1.54, 1.807) is 12.1 Å². The topological polar surface area (TPSA) is 115 Å². The van der Waals surface area contributed by atoms with Crippen molar-refractivity contribution in [2.45, 2.75) is 112 Å². The van der Waals surface area contributed by atoms with E-state index in [1.807, 2.05) is 72.8 Å². The number of hydrogen-bond donors (Lipinski definition) is 4. The number of carbonyl (C=O) groups excluding carboxylic acids is 2. The lowest BCUT2D eigenvalue weighted by molar-refractivity contribution is -0.137. The van der Waals surface area contributed by atoms with Crippen LogP contribution in [0.25, 0.3) is 0 Å². The van der Waals surface area contributed by atoms with Crippen LogP contribution < -0.4 is 10.6 Å². The minimum atomic E-state index is -1.53. The number of aromatic nitrogens is 1. The fourth-order valence-corrected chi connectivity index (χ4v) is 11.1. The van der Waals surface area contributed by atoms with E-state index < -0.39 is 47.0 Å². The molecule has 0 radical (unpaired) electrons. The zero-order chi connectivity index (χ0) is 38.7. The Balaban J connectivity index is 1.47. The van der Waals surface area contributed by atoms with Crippen LogP contribution in [0.4, 0.5) is 10.2 Å². The number of benzene rings is 3. The summed E-state index contributed by atoms with van der Waals surface area (Å²) < 4.78 is 17.7. The minimum absolute atomic E-state index is 0.0826. The van der Waals surface area contributed by atoms with Crippen molar-refractivity contribution in [1.82, 2.24) is 15.2 Å². The van der Waals surface area contributed by atoms with Gasteiger partial charge in [-0.25, -0.2) is 9.37 Å². The first kappa shape index (κ1) is 38.5. The van der Waals surface area contributed by atoms with E-state index in [4.69, 9.17) is 16.6 Å². The number of fused-ring (bicyclic) bond motifs is 3. The van der Waals surface area contributed by atoms with Crippen LogP contribution in [-0.2, 0) is 15.0 Å². The molecule has 2 saturated carbocycles. The summed E-state index contributed by atoms with van der Waals surface area (Å²) in [6, 6.07) is 25.5. The Labute approximate surface area is 340 Å². The third-order valence-corrected chi connectivity index (χ3v) is 14.0. The largest absolute Gasteiger partial charge is 0.393 e. The molecular weight excluding hydrogens is 830 g/mol. The van der Waals surface area contributed by atoms with Gasteiger partial charge in [-0.05, 0) is 108 Å². The van der Waals surface area contributed by atoms with Gasteiger partial charge in [-0.15, -0.1) is 0 Å². The highest BCUT2D eigenvalue weighted by atomic mass is 127. The first-order valence-corrected chi connectivity index (χ1v) is 20.8. The predicted molar refractivity (Wildman–Crippen MR) is 219 cm³/mol. The fraction of sp³-hybridized carbons (Fsp3) is 0.432. The van der Waals surface area contributed by atoms with Crippen LogP contribution >= 0.6 is 34.2 Å². The van der Waals surface area contributed by atoms with Gasteiger partial charge in [-0.3, -0.25) is 14.5 Å². The van der Waals surface area contributed by atoms with E-state index in [9.17, 15) is 10.2 Å². The van der Waals surface area contributed by atoms with Gasteiger partial charge in [0.05, 0.1) is 29.3 Å². The molecule has 1 aromatic heterocycles. The van der Waals surface area contributed by atoms with Crippen molar-refractivity contribution in [1.29, 1.82) is 0 Å². The SMILES string of the molecule is CC1(C)CCC2(CC1)N([C@H](c1ccccc1)[C@@H](O)c1ccccc1)[C@@H](C(=O)NC1CCC(O)CC1)[C@H](c1cccc(Cl)c1F)[C@]21C(=O)Nc2nc(I)ccc21. The number of nitrogens with zero attached hydrogens (tertiary/aromatic N) is 2. The number of rotatable bonds is 7. The van der Waals surface area contributed by atoms with Gasteiger partial charge in [0.25, 0.3) is 0 Å². The first-order valence-electron chi connectivity index (χ1n) is 19.4. The molecule has 11 heteroatoms. The van der Waals surface area contributed by atoms with E-state index >= 15 is 14.0 Å². The third-order valence-electron chi connectivity index (χ3n) is 13.1. The standard InChI is InChI=1S/C44H47ClFIN4O4/c1-42(2)22-24-43(25-23-42)44(31-20-21-33(47)49-39(31)50-41(44)55)34(30-14-9-15-32(45)35(30)46)37(40(54)48-28-16-18-29(52)19-17-28)51(43)36(26-10-5-3-6-11-26)38(53)27-12-7-4-8-13-27/h3-15,20-21,28-29,34,36-38,52-53H,16-19,22-25H2,1-2H3,(H,48,54)(H,49,50,55)/t28?,29?,34-,36+,37+,38-,44+/m0/s1. The summed E-state index contributed by atoms with van der Waals surface area (Å²) in [7, 11) is 0. The molecule has 8 nitrogen and oxygen atoms in total. The minimum Gasteiger partial charge on any atom is -0.393 e. The van der Waals surface area contributed by atoms with E-state index in [2.05, 4.69) is 52.0 Å². The number of pyridine rings is 1.